The molecule has 0 radical (unpaired) electrons. The van der Waals surface area contributed by atoms with E-state index in [9.17, 15) is 0 Å². The second kappa shape index (κ2) is 9.34. The summed E-state index contributed by atoms with van der Waals surface area (Å²) in [6.07, 6.45) is 4.81. The average Bonchev–Trinajstić information content (AvgIpc) is 2.79. The zero-order valence-electron chi connectivity index (χ0n) is 12.3. The third-order valence-corrected chi connectivity index (χ3v) is 3.29. The minimum atomic E-state index is 0.215. The maximum atomic E-state index is 6.27. The van der Waals surface area contributed by atoms with Gasteiger partial charge in [0.25, 0.3) is 0 Å². The van der Waals surface area contributed by atoms with Gasteiger partial charge in [0.05, 0.1) is 23.0 Å². The molecular weight excluding hydrogens is 262 g/mol. The number of aryl methyl sites for hydroxylation is 1. The molecule has 1 heterocycles. The fraction of sp³-hybridized carbons (Fsp3) is 0.786. The molecular formula is C14H26ClN3O. The molecule has 0 fully saturated rings. The van der Waals surface area contributed by atoms with E-state index in [0.29, 0.717) is 0 Å². The monoisotopic (exact) mass is 287 g/mol. The third kappa shape index (κ3) is 5.13. The van der Waals surface area contributed by atoms with E-state index in [1.165, 1.54) is 0 Å². The number of rotatable bonds is 10. The van der Waals surface area contributed by atoms with E-state index < -0.39 is 0 Å². The highest BCUT2D eigenvalue weighted by Crippen LogP contribution is 2.25. The fourth-order valence-electron chi connectivity index (χ4n) is 2.07. The van der Waals surface area contributed by atoms with Crippen molar-refractivity contribution in [3.8, 4) is 0 Å². The molecule has 0 spiro atoms. The highest BCUT2D eigenvalue weighted by atomic mass is 35.5. The number of hydrogen-bond donors (Lipinski definition) is 1. The van der Waals surface area contributed by atoms with Crippen LogP contribution >= 0.6 is 11.6 Å². The summed E-state index contributed by atoms with van der Waals surface area (Å²) in [6, 6.07) is 0.215. The van der Waals surface area contributed by atoms with E-state index in [-0.39, 0.29) is 6.04 Å². The van der Waals surface area contributed by atoms with Gasteiger partial charge in [0.1, 0.15) is 0 Å². The number of aromatic nitrogens is 2. The van der Waals surface area contributed by atoms with Crippen LogP contribution in [0.2, 0.25) is 5.02 Å². The first kappa shape index (κ1) is 16.5. The Labute approximate surface area is 121 Å². The Kier molecular flexibility index (Phi) is 8.10. The van der Waals surface area contributed by atoms with Crippen LogP contribution in [0, 0.1) is 0 Å². The first-order chi connectivity index (χ1) is 9.24. The smallest absolute Gasteiger partial charge is 0.0834 e. The number of ether oxygens (including phenoxy) is 1. The molecule has 0 saturated carbocycles. The molecule has 0 aliphatic heterocycles. The molecule has 1 aromatic heterocycles. The van der Waals surface area contributed by atoms with Gasteiger partial charge in [0.2, 0.25) is 0 Å². The predicted octanol–water partition coefficient (Wildman–Crippen LogP) is 3.41. The van der Waals surface area contributed by atoms with E-state index in [1.807, 2.05) is 4.68 Å². The quantitative estimate of drug-likeness (QED) is 0.670. The third-order valence-electron chi connectivity index (χ3n) is 3.00. The van der Waals surface area contributed by atoms with Crippen molar-refractivity contribution in [2.45, 2.75) is 52.6 Å². The number of halogens is 1. The lowest BCUT2D eigenvalue weighted by Crippen LogP contribution is -2.26. The molecule has 0 aliphatic carbocycles. The summed E-state index contributed by atoms with van der Waals surface area (Å²) in [5, 5.41) is 8.59. The van der Waals surface area contributed by atoms with Gasteiger partial charge in [-0.15, -0.1) is 0 Å². The first-order valence-corrected chi connectivity index (χ1v) is 7.64. The molecule has 0 aromatic carbocycles. The maximum absolute atomic E-state index is 6.27. The summed E-state index contributed by atoms with van der Waals surface area (Å²) in [6.45, 7) is 9.75. The van der Waals surface area contributed by atoms with E-state index in [1.54, 1.807) is 6.20 Å². The second-order valence-electron chi connectivity index (χ2n) is 4.60. The van der Waals surface area contributed by atoms with Crippen molar-refractivity contribution in [2.75, 3.05) is 19.8 Å². The van der Waals surface area contributed by atoms with Crippen LogP contribution in [0.5, 0.6) is 0 Å². The Hall–Kier alpha value is -0.580. The van der Waals surface area contributed by atoms with Crippen molar-refractivity contribution in [2.24, 2.45) is 0 Å². The van der Waals surface area contributed by atoms with Gasteiger partial charge in [-0.25, -0.2) is 0 Å². The molecule has 110 valence electrons. The van der Waals surface area contributed by atoms with Crippen molar-refractivity contribution >= 4 is 11.6 Å². The molecule has 0 bridgehead atoms. The lowest BCUT2D eigenvalue weighted by molar-refractivity contribution is 0.123. The Bertz CT molecular complexity index is 354. The van der Waals surface area contributed by atoms with Crippen molar-refractivity contribution in [3.05, 3.63) is 16.9 Å². The summed E-state index contributed by atoms with van der Waals surface area (Å²) < 4.78 is 7.56. The Morgan fingerprint density at radius 2 is 2.11 bits per heavy atom. The Morgan fingerprint density at radius 1 is 1.32 bits per heavy atom. The lowest BCUT2D eigenvalue weighted by atomic mass is 10.1. The molecule has 1 unspecified atom stereocenters. The van der Waals surface area contributed by atoms with Gasteiger partial charge in [-0.3, -0.25) is 4.68 Å². The van der Waals surface area contributed by atoms with Crippen molar-refractivity contribution in [1.29, 1.82) is 0 Å². The highest BCUT2D eigenvalue weighted by Gasteiger charge is 2.19. The van der Waals surface area contributed by atoms with Crippen molar-refractivity contribution in [3.63, 3.8) is 0 Å². The lowest BCUT2D eigenvalue weighted by Gasteiger charge is -2.20. The Balaban J connectivity index is 2.68. The molecule has 4 nitrogen and oxygen atoms in total. The summed E-state index contributed by atoms with van der Waals surface area (Å²) in [4.78, 5) is 0. The topological polar surface area (TPSA) is 39.1 Å². The highest BCUT2D eigenvalue weighted by molar-refractivity contribution is 6.31. The van der Waals surface area contributed by atoms with Crippen molar-refractivity contribution in [1.82, 2.24) is 15.1 Å². The van der Waals surface area contributed by atoms with E-state index in [2.05, 4.69) is 31.2 Å². The van der Waals surface area contributed by atoms with Crippen LogP contribution in [-0.2, 0) is 11.3 Å². The molecule has 0 aliphatic rings. The van der Waals surface area contributed by atoms with Crippen LogP contribution in [0.4, 0.5) is 0 Å². The molecule has 5 heteroatoms. The summed E-state index contributed by atoms with van der Waals surface area (Å²) >= 11 is 6.27. The van der Waals surface area contributed by atoms with Crippen LogP contribution in [-0.4, -0.2) is 29.5 Å². The minimum absolute atomic E-state index is 0.215. The van der Waals surface area contributed by atoms with E-state index in [4.69, 9.17) is 16.3 Å². The number of hydrogen-bond acceptors (Lipinski definition) is 3. The molecule has 1 atom stereocenters. The second-order valence-corrected chi connectivity index (χ2v) is 5.01. The van der Waals surface area contributed by atoms with Crippen LogP contribution in [0.25, 0.3) is 0 Å². The van der Waals surface area contributed by atoms with Gasteiger partial charge >= 0.3 is 0 Å². The largest absolute Gasteiger partial charge is 0.381 e. The van der Waals surface area contributed by atoms with E-state index in [0.717, 1.165) is 56.3 Å². The summed E-state index contributed by atoms with van der Waals surface area (Å²) in [5.74, 6) is 0. The van der Waals surface area contributed by atoms with Crippen LogP contribution in [0.3, 0.4) is 0 Å². The standard InChI is InChI=1S/C14H26ClN3O/c1-4-8-16-13(7-10-19-9-5-2)14-12(15)11-17-18(14)6-3/h11,13,16H,4-10H2,1-3H3. The molecule has 1 N–H and O–H groups in total. The normalized spacial score (nSPS) is 12.8. The van der Waals surface area contributed by atoms with Crippen LogP contribution in [0.15, 0.2) is 6.20 Å². The first-order valence-electron chi connectivity index (χ1n) is 7.26. The summed E-state index contributed by atoms with van der Waals surface area (Å²) in [5.41, 5.74) is 1.08. The van der Waals surface area contributed by atoms with Crippen LogP contribution in [0.1, 0.15) is 51.8 Å². The zero-order valence-corrected chi connectivity index (χ0v) is 13.0. The van der Waals surface area contributed by atoms with Crippen molar-refractivity contribution < 1.29 is 4.74 Å². The number of nitrogens with zero attached hydrogens (tertiary/aromatic N) is 2. The van der Waals surface area contributed by atoms with Gasteiger partial charge in [-0.2, -0.15) is 5.10 Å². The molecule has 1 rings (SSSR count). The molecule has 1 aromatic rings. The van der Waals surface area contributed by atoms with Gasteiger partial charge in [0, 0.05) is 19.8 Å². The zero-order chi connectivity index (χ0) is 14.1. The minimum Gasteiger partial charge on any atom is -0.381 e. The van der Waals surface area contributed by atoms with Gasteiger partial charge in [0.15, 0.2) is 0 Å². The van der Waals surface area contributed by atoms with Gasteiger partial charge in [-0.05, 0) is 32.7 Å². The van der Waals surface area contributed by atoms with Crippen LogP contribution < -0.4 is 5.32 Å². The molecule has 0 saturated heterocycles. The average molecular weight is 288 g/mol. The Morgan fingerprint density at radius 3 is 2.74 bits per heavy atom. The number of nitrogens with one attached hydrogen (secondary N) is 1. The van der Waals surface area contributed by atoms with Gasteiger partial charge < -0.3 is 10.1 Å². The fourth-order valence-corrected chi connectivity index (χ4v) is 2.34. The SMILES string of the molecule is CCCNC(CCOCCC)c1c(Cl)cnn1CC. The van der Waals surface area contributed by atoms with E-state index >= 15 is 0 Å². The predicted molar refractivity (Wildman–Crippen MR) is 79.7 cm³/mol. The van der Waals surface area contributed by atoms with Gasteiger partial charge in [-0.1, -0.05) is 25.4 Å². The molecule has 19 heavy (non-hydrogen) atoms. The molecule has 0 amide bonds. The summed E-state index contributed by atoms with van der Waals surface area (Å²) in [7, 11) is 0. The maximum Gasteiger partial charge on any atom is 0.0834 e.